The van der Waals surface area contributed by atoms with Crippen LogP contribution in [0.3, 0.4) is 0 Å². The molecule has 0 atom stereocenters. The van der Waals surface area contributed by atoms with Gasteiger partial charge in [0.2, 0.25) is 5.84 Å². The Morgan fingerprint density at radius 2 is 2.04 bits per heavy atom. The maximum atomic E-state index is 12.9. The number of H-pyrrole nitrogens is 1. The van der Waals surface area contributed by atoms with E-state index in [4.69, 9.17) is 10.9 Å². The van der Waals surface area contributed by atoms with E-state index in [1.165, 1.54) is 0 Å². The van der Waals surface area contributed by atoms with Crippen LogP contribution in [-0.4, -0.2) is 45.9 Å². The quantitative estimate of drug-likeness (QED) is 0.140. The molecule has 26 heavy (non-hydrogen) atoms. The second-order valence-electron chi connectivity index (χ2n) is 5.16. The molecule has 0 spiro atoms. The average molecular weight is 422 g/mol. The van der Waals surface area contributed by atoms with Gasteiger partial charge in [-0.1, -0.05) is 28.1 Å². The SMILES string of the molecule is Cc1c(C(N=NCCO)=NN)[nH]c(C(=O)O)c1C(=O)c1cccc(Br)c1. The van der Waals surface area contributed by atoms with Crippen LogP contribution in [0.2, 0.25) is 0 Å². The molecule has 0 bridgehead atoms. The van der Waals surface area contributed by atoms with Gasteiger partial charge in [-0.3, -0.25) is 4.79 Å². The van der Waals surface area contributed by atoms with Crippen molar-refractivity contribution in [3.8, 4) is 0 Å². The third kappa shape index (κ3) is 4.03. The van der Waals surface area contributed by atoms with E-state index < -0.39 is 11.8 Å². The van der Waals surface area contributed by atoms with Crippen molar-refractivity contribution in [1.29, 1.82) is 0 Å². The molecule has 0 aliphatic heterocycles. The zero-order chi connectivity index (χ0) is 19.3. The third-order valence-electron chi connectivity index (χ3n) is 3.49. The summed E-state index contributed by atoms with van der Waals surface area (Å²) in [6, 6.07) is 6.62. The maximum absolute atomic E-state index is 12.9. The minimum absolute atomic E-state index is 0.0101. The number of aliphatic hydroxyl groups excluding tert-OH is 1. The number of carboxylic acids is 1. The molecule has 0 radical (unpaired) electrons. The second kappa shape index (κ2) is 8.50. The molecule has 0 aliphatic rings. The van der Waals surface area contributed by atoms with E-state index in [0.29, 0.717) is 15.6 Å². The Balaban J connectivity index is 2.58. The standard InChI is InChI=1S/C16H16BrN5O4/c1-8-11(14(24)9-3-2-4-10(17)7-9)13(16(25)26)20-12(8)15(21-18)22-19-5-6-23/h2-4,7,20,23H,5-6,18H2,1H3,(H,25,26). The number of benzene rings is 1. The molecule has 136 valence electrons. The molecular formula is C16H16BrN5O4. The zero-order valence-corrected chi connectivity index (χ0v) is 15.3. The molecule has 2 aromatic rings. The number of hydrogen-bond donors (Lipinski definition) is 4. The highest BCUT2D eigenvalue weighted by Crippen LogP contribution is 2.24. The molecular weight excluding hydrogens is 406 g/mol. The number of aromatic carboxylic acids is 1. The van der Waals surface area contributed by atoms with E-state index in [2.05, 4.69) is 36.2 Å². The van der Waals surface area contributed by atoms with E-state index in [1.807, 2.05) is 0 Å². The molecule has 0 amide bonds. The largest absolute Gasteiger partial charge is 0.477 e. The number of aliphatic hydroxyl groups is 1. The van der Waals surface area contributed by atoms with Crippen LogP contribution in [-0.2, 0) is 0 Å². The first-order valence-corrected chi connectivity index (χ1v) is 8.22. The van der Waals surface area contributed by atoms with Crippen LogP contribution in [0.25, 0.3) is 0 Å². The monoisotopic (exact) mass is 421 g/mol. The number of amidine groups is 1. The molecule has 1 aromatic carbocycles. The van der Waals surface area contributed by atoms with Gasteiger partial charge in [0.15, 0.2) is 5.78 Å². The van der Waals surface area contributed by atoms with E-state index in [9.17, 15) is 14.7 Å². The minimum atomic E-state index is -1.30. The van der Waals surface area contributed by atoms with Crippen molar-refractivity contribution in [1.82, 2.24) is 4.98 Å². The number of nitrogens with two attached hydrogens (primary N) is 1. The van der Waals surface area contributed by atoms with Crippen LogP contribution in [0, 0.1) is 6.92 Å². The predicted molar refractivity (Wildman–Crippen MR) is 97.6 cm³/mol. The number of hydrazone groups is 1. The van der Waals surface area contributed by atoms with Crippen LogP contribution < -0.4 is 5.84 Å². The zero-order valence-electron chi connectivity index (χ0n) is 13.7. The molecule has 1 aromatic heterocycles. The van der Waals surface area contributed by atoms with Crippen molar-refractivity contribution in [3.63, 3.8) is 0 Å². The Kier molecular flexibility index (Phi) is 6.36. The normalized spacial score (nSPS) is 11.9. The van der Waals surface area contributed by atoms with Crippen LogP contribution in [0.1, 0.15) is 37.7 Å². The number of ketones is 1. The number of carbonyl (C=O) groups is 2. The number of nitrogens with one attached hydrogen (secondary N) is 1. The van der Waals surface area contributed by atoms with Crippen molar-refractivity contribution in [3.05, 3.63) is 56.8 Å². The molecule has 0 fully saturated rings. The van der Waals surface area contributed by atoms with Crippen molar-refractivity contribution in [2.45, 2.75) is 6.92 Å². The van der Waals surface area contributed by atoms with Crippen molar-refractivity contribution < 1.29 is 19.8 Å². The first-order chi connectivity index (χ1) is 12.4. The number of carboxylic acid groups (broad SMARTS) is 1. The highest BCUT2D eigenvalue weighted by molar-refractivity contribution is 9.10. The average Bonchev–Trinajstić information content (AvgIpc) is 2.96. The van der Waals surface area contributed by atoms with Gasteiger partial charge in [-0.05, 0) is 24.6 Å². The summed E-state index contributed by atoms with van der Waals surface area (Å²) >= 11 is 3.28. The topological polar surface area (TPSA) is 153 Å². The molecule has 0 saturated carbocycles. The molecule has 0 aliphatic carbocycles. The van der Waals surface area contributed by atoms with E-state index >= 15 is 0 Å². The summed E-state index contributed by atoms with van der Waals surface area (Å²) in [6.45, 7) is 1.39. The highest BCUT2D eigenvalue weighted by Gasteiger charge is 2.27. The lowest BCUT2D eigenvalue weighted by atomic mass is 9.99. The van der Waals surface area contributed by atoms with Crippen LogP contribution in [0.5, 0.6) is 0 Å². The molecule has 9 nitrogen and oxygen atoms in total. The van der Waals surface area contributed by atoms with Crippen molar-refractivity contribution in [2.24, 2.45) is 21.2 Å². The summed E-state index contributed by atoms with van der Waals surface area (Å²) in [5.41, 5.74) is 0.526. The molecule has 5 N–H and O–H groups in total. The van der Waals surface area contributed by atoms with Gasteiger partial charge in [-0.15, -0.1) is 5.11 Å². The molecule has 10 heteroatoms. The summed E-state index contributed by atoms with van der Waals surface area (Å²) in [5, 5.41) is 29.2. The van der Waals surface area contributed by atoms with Gasteiger partial charge < -0.3 is 21.0 Å². The number of carbonyl (C=O) groups excluding carboxylic acids is 1. The Labute approximate surface area is 156 Å². The number of aromatic amines is 1. The Bertz CT molecular complexity index is 904. The first-order valence-electron chi connectivity index (χ1n) is 7.43. The summed E-state index contributed by atoms with van der Waals surface area (Å²) in [5.74, 6) is 3.46. The fourth-order valence-electron chi connectivity index (χ4n) is 2.34. The van der Waals surface area contributed by atoms with Gasteiger partial charge in [0.1, 0.15) is 5.69 Å². The number of hydrogen-bond acceptors (Lipinski definition) is 6. The Hall–Kier alpha value is -2.85. The Morgan fingerprint density at radius 3 is 2.62 bits per heavy atom. The summed E-state index contributed by atoms with van der Waals surface area (Å²) in [7, 11) is 0. The number of aromatic nitrogens is 1. The highest BCUT2D eigenvalue weighted by atomic mass is 79.9. The first kappa shape index (κ1) is 19.5. The van der Waals surface area contributed by atoms with Gasteiger partial charge >= 0.3 is 5.97 Å². The van der Waals surface area contributed by atoms with Gasteiger partial charge in [-0.25, -0.2) is 4.79 Å². The van der Waals surface area contributed by atoms with Crippen LogP contribution >= 0.6 is 15.9 Å². The molecule has 0 unspecified atom stereocenters. The lowest BCUT2D eigenvalue weighted by molar-refractivity contribution is 0.0687. The van der Waals surface area contributed by atoms with E-state index in [1.54, 1.807) is 31.2 Å². The number of halogens is 1. The van der Waals surface area contributed by atoms with E-state index in [0.717, 1.165) is 0 Å². The molecule has 2 rings (SSSR count). The molecule has 1 heterocycles. The van der Waals surface area contributed by atoms with Gasteiger partial charge in [0.25, 0.3) is 0 Å². The lowest BCUT2D eigenvalue weighted by Crippen LogP contribution is -2.09. The smallest absolute Gasteiger partial charge is 0.353 e. The molecule has 0 saturated heterocycles. The summed E-state index contributed by atoms with van der Waals surface area (Å²) in [4.78, 5) is 27.1. The Morgan fingerprint density at radius 1 is 1.31 bits per heavy atom. The second-order valence-corrected chi connectivity index (χ2v) is 6.08. The van der Waals surface area contributed by atoms with Gasteiger partial charge in [0, 0.05) is 10.0 Å². The lowest BCUT2D eigenvalue weighted by Gasteiger charge is -2.03. The maximum Gasteiger partial charge on any atom is 0.353 e. The minimum Gasteiger partial charge on any atom is -0.477 e. The van der Waals surface area contributed by atoms with E-state index in [-0.39, 0.29) is 35.9 Å². The fourth-order valence-corrected chi connectivity index (χ4v) is 2.74. The van der Waals surface area contributed by atoms with Gasteiger partial charge in [0.05, 0.1) is 24.4 Å². The van der Waals surface area contributed by atoms with Crippen LogP contribution in [0.15, 0.2) is 44.1 Å². The van der Waals surface area contributed by atoms with Gasteiger partial charge in [-0.2, -0.15) is 10.2 Å². The van der Waals surface area contributed by atoms with Crippen LogP contribution in [0.4, 0.5) is 0 Å². The summed E-state index contributed by atoms with van der Waals surface area (Å²) in [6.07, 6.45) is 0. The number of rotatable bonds is 6. The van der Waals surface area contributed by atoms with Crippen molar-refractivity contribution >= 4 is 33.5 Å². The fraction of sp³-hybridized carbons (Fsp3) is 0.188. The third-order valence-corrected chi connectivity index (χ3v) is 3.98. The predicted octanol–water partition coefficient (Wildman–Crippen LogP) is 2.08. The van der Waals surface area contributed by atoms with Crippen molar-refractivity contribution in [2.75, 3.05) is 13.2 Å². The number of nitrogens with zero attached hydrogens (tertiary/aromatic N) is 3. The number of azo groups is 1. The summed E-state index contributed by atoms with van der Waals surface area (Å²) < 4.78 is 0.690.